The molecule has 1 heterocycles. The number of amides is 2. The minimum absolute atomic E-state index is 0.0551. The first-order valence-corrected chi connectivity index (χ1v) is 13.1. The van der Waals surface area contributed by atoms with Crippen LogP contribution in [0, 0.1) is 0 Å². The van der Waals surface area contributed by atoms with Crippen molar-refractivity contribution >= 4 is 23.6 Å². The molecule has 2 amide bonds. The van der Waals surface area contributed by atoms with Crippen molar-refractivity contribution in [2.45, 2.75) is 95.9 Å². The van der Waals surface area contributed by atoms with E-state index in [1.54, 1.807) is 16.7 Å². The monoisotopic (exact) mass is 443 g/mol. The van der Waals surface area contributed by atoms with Crippen LogP contribution in [0.25, 0.3) is 0 Å². The lowest BCUT2D eigenvalue weighted by atomic mass is 10.1. The van der Waals surface area contributed by atoms with E-state index in [2.05, 4.69) is 17.6 Å². The molecule has 176 valence electrons. The van der Waals surface area contributed by atoms with Gasteiger partial charge in [-0.15, -0.1) is 11.8 Å². The Kier molecular flexibility index (Phi) is 16.2. The number of carbonyl (C=O) groups excluding carboxylic acids is 2. The molecule has 0 aromatic heterocycles. The molecule has 0 saturated carbocycles. The predicted octanol–water partition coefficient (Wildman–Crippen LogP) is 3.94. The van der Waals surface area contributed by atoms with E-state index < -0.39 is 0 Å². The molecule has 0 aromatic carbocycles. The average molecular weight is 444 g/mol. The Morgan fingerprint density at radius 2 is 1.57 bits per heavy atom. The topological polar surface area (TPSA) is 70.7 Å². The van der Waals surface area contributed by atoms with Crippen LogP contribution in [0.3, 0.4) is 0 Å². The van der Waals surface area contributed by atoms with Gasteiger partial charge in [-0.25, -0.2) is 0 Å². The van der Waals surface area contributed by atoms with Crippen LogP contribution in [0.15, 0.2) is 0 Å². The predicted molar refractivity (Wildman–Crippen MR) is 127 cm³/mol. The molecular formula is C23H45N3O3S. The maximum Gasteiger partial charge on any atom is 0.243 e. The first kappa shape index (κ1) is 27.2. The first-order valence-electron chi connectivity index (χ1n) is 12.0. The summed E-state index contributed by atoms with van der Waals surface area (Å²) < 4.78 is 5.44. The van der Waals surface area contributed by atoms with Gasteiger partial charge in [-0.3, -0.25) is 9.59 Å². The van der Waals surface area contributed by atoms with Gasteiger partial charge in [0.25, 0.3) is 0 Å². The number of ether oxygens (including phenoxy) is 1. The lowest BCUT2D eigenvalue weighted by molar-refractivity contribution is -0.139. The molecule has 2 N–H and O–H groups in total. The van der Waals surface area contributed by atoms with Crippen molar-refractivity contribution in [3.05, 3.63) is 0 Å². The summed E-state index contributed by atoms with van der Waals surface area (Å²) in [6.45, 7) is 6.68. The van der Waals surface area contributed by atoms with Gasteiger partial charge >= 0.3 is 0 Å². The molecule has 1 rings (SSSR count). The highest BCUT2D eigenvalue weighted by molar-refractivity contribution is 8.00. The van der Waals surface area contributed by atoms with Gasteiger partial charge in [-0.1, -0.05) is 64.7 Å². The summed E-state index contributed by atoms with van der Waals surface area (Å²) in [6, 6.07) is -0.349. The minimum atomic E-state index is -0.349. The maximum absolute atomic E-state index is 12.8. The number of nitrogens with zero attached hydrogens (tertiary/aromatic N) is 1. The molecule has 7 heteroatoms. The largest absolute Gasteiger partial charge is 0.378 e. The zero-order chi connectivity index (χ0) is 22.0. The second kappa shape index (κ2) is 17.8. The van der Waals surface area contributed by atoms with Gasteiger partial charge in [0.1, 0.15) is 6.04 Å². The summed E-state index contributed by atoms with van der Waals surface area (Å²) in [5.41, 5.74) is 0. The van der Waals surface area contributed by atoms with E-state index in [4.69, 9.17) is 4.74 Å². The maximum atomic E-state index is 12.8. The fraction of sp³-hybridized carbons (Fsp3) is 0.913. The smallest absolute Gasteiger partial charge is 0.243 e. The second-order valence-corrected chi connectivity index (χ2v) is 9.54. The molecule has 1 aliphatic heterocycles. The lowest BCUT2D eigenvalue weighted by Gasteiger charge is -2.27. The number of hydrogen-bond donors (Lipinski definition) is 2. The standard InChI is InChI=1S/C23H45N3O3S/c1-4-5-6-7-8-9-10-11-12-13-14-22(27)26-20(2)30-19-21(26)23(28)25-16-18-29-17-15-24-3/h20-21,24H,4-19H2,1-3H3,(H,25,28). The van der Waals surface area contributed by atoms with Crippen molar-refractivity contribution < 1.29 is 14.3 Å². The molecule has 1 aliphatic rings. The summed E-state index contributed by atoms with van der Waals surface area (Å²) in [6.07, 6.45) is 13.1. The first-order chi connectivity index (χ1) is 14.6. The van der Waals surface area contributed by atoms with Gasteiger partial charge in [0.15, 0.2) is 0 Å². The van der Waals surface area contributed by atoms with E-state index >= 15 is 0 Å². The summed E-state index contributed by atoms with van der Waals surface area (Å²) in [4.78, 5) is 27.1. The van der Waals surface area contributed by atoms with Crippen LogP contribution in [0.4, 0.5) is 0 Å². The third kappa shape index (κ3) is 11.6. The van der Waals surface area contributed by atoms with Crippen molar-refractivity contribution in [3.8, 4) is 0 Å². The SMILES string of the molecule is CCCCCCCCCCCCC(=O)N1C(C)SCC1C(=O)NCCOCCNC. The average Bonchev–Trinajstić information content (AvgIpc) is 3.13. The summed E-state index contributed by atoms with van der Waals surface area (Å²) >= 11 is 1.68. The third-order valence-electron chi connectivity index (χ3n) is 5.60. The molecule has 0 aliphatic carbocycles. The molecular weight excluding hydrogens is 398 g/mol. The molecule has 30 heavy (non-hydrogen) atoms. The summed E-state index contributed by atoms with van der Waals surface area (Å²) in [7, 11) is 1.88. The van der Waals surface area contributed by atoms with Crippen LogP contribution < -0.4 is 10.6 Å². The molecule has 2 atom stereocenters. The fourth-order valence-electron chi connectivity index (χ4n) is 3.76. The van der Waals surface area contributed by atoms with E-state index in [1.807, 2.05) is 14.0 Å². The molecule has 2 unspecified atom stereocenters. The number of thioether (sulfide) groups is 1. The van der Waals surface area contributed by atoms with E-state index in [-0.39, 0.29) is 23.2 Å². The van der Waals surface area contributed by atoms with Gasteiger partial charge in [0.05, 0.1) is 18.6 Å². The van der Waals surface area contributed by atoms with Crippen LogP contribution in [-0.2, 0) is 14.3 Å². The molecule has 6 nitrogen and oxygen atoms in total. The van der Waals surface area contributed by atoms with Crippen molar-refractivity contribution in [1.82, 2.24) is 15.5 Å². The number of likely N-dealkylation sites (N-methyl/N-ethyl adjacent to an activating group) is 1. The number of rotatable bonds is 18. The van der Waals surface area contributed by atoms with E-state index in [0.717, 1.165) is 19.4 Å². The lowest BCUT2D eigenvalue weighted by Crippen LogP contribution is -2.49. The third-order valence-corrected chi connectivity index (χ3v) is 6.82. The van der Waals surface area contributed by atoms with Crippen LogP contribution >= 0.6 is 11.8 Å². The normalized spacial score (nSPS) is 18.7. The Hall–Kier alpha value is -0.790. The highest BCUT2D eigenvalue weighted by Crippen LogP contribution is 2.29. The Labute approximate surface area is 188 Å². The number of unbranched alkanes of at least 4 members (excludes halogenated alkanes) is 9. The molecule has 1 fully saturated rings. The number of hydrogen-bond acceptors (Lipinski definition) is 5. The zero-order valence-electron chi connectivity index (χ0n) is 19.5. The number of carbonyl (C=O) groups is 2. The molecule has 0 aromatic rings. The zero-order valence-corrected chi connectivity index (χ0v) is 20.4. The Morgan fingerprint density at radius 3 is 2.20 bits per heavy atom. The van der Waals surface area contributed by atoms with E-state index in [0.29, 0.717) is 31.9 Å². The van der Waals surface area contributed by atoms with Crippen LogP contribution in [0.1, 0.15) is 84.5 Å². The molecule has 0 spiro atoms. The Morgan fingerprint density at radius 1 is 0.967 bits per heavy atom. The van der Waals surface area contributed by atoms with Gasteiger partial charge in [-0.2, -0.15) is 0 Å². The van der Waals surface area contributed by atoms with Crippen molar-refractivity contribution in [3.63, 3.8) is 0 Å². The van der Waals surface area contributed by atoms with Crippen LogP contribution in [0.5, 0.6) is 0 Å². The van der Waals surface area contributed by atoms with Gasteiger partial charge in [0.2, 0.25) is 11.8 Å². The second-order valence-electron chi connectivity index (χ2n) is 8.19. The highest BCUT2D eigenvalue weighted by Gasteiger charge is 2.38. The highest BCUT2D eigenvalue weighted by atomic mass is 32.2. The van der Waals surface area contributed by atoms with Gasteiger partial charge in [-0.05, 0) is 20.4 Å². The molecule has 1 saturated heterocycles. The molecule has 0 bridgehead atoms. The van der Waals surface area contributed by atoms with Crippen molar-refractivity contribution in [2.24, 2.45) is 0 Å². The number of nitrogens with one attached hydrogen (secondary N) is 2. The van der Waals surface area contributed by atoms with Crippen LogP contribution in [0.2, 0.25) is 0 Å². The van der Waals surface area contributed by atoms with E-state index in [1.165, 1.54) is 51.4 Å². The quantitative estimate of drug-likeness (QED) is 0.314. The Balaban J connectivity index is 2.18. The fourth-order valence-corrected chi connectivity index (χ4v) is 4.95. The minimum Gasteiger partial charge on any atom is -0.378 e. The van der Waals surface area contributed by atoms with Gasteiger partial charge < -0.3 is 20.3 Å². The van der Waals surface area contributed by atoms with Crippen LogP contribution in [-0.4, -0.2) is 67.2 Å². The summed E-state index contributed by atoms with van der Waals surface area (Å²) in [5, 5.41) is 6.01. The van der Waals surface area contributed by atoms with Crippen molar-refractivity contribution in [2.75, 3.05) is 39.1 Å². The van der Waals surface area contributed by atoms with Crippen molar-refractivity contribution in [1.29, 1.82) is 0 Å². The van der Waals surface area contributed by atoms with Gasteiger partial charge in [0, 0.05) is 25.3 Å². The summed E-state index contributed by atoms with van der Waals surface area (Å²) in [5.74, 6) is 0.746. The van der Waals surface area contributed by atoms with E-state index in [9.17, 15) is 9.59 Å². The Bertz CT molecular complexity index is 465. The molecule has 0 radical (unpaired) electrons.